The first-order valence-corrected chi connectivity index (χ1v) is 7.02. The van der Waals surface area contributed by atoms with Crippen LogP contribution >= 0.6 is 0 Å². The van der Waals surface area contributed by atoms with Crippen LogP contribution in [0.4, 0.5) is 0 Å². The molecule has 0 aliphatic rings. The Morgan fingerprint density at radius 1 is 1.10 bits per heavy atom. The predicted octanol–water partition coefficient (Wildman–Crippen LogP) is 3.20. The Balaban J connectivity index is 2.19. The van der Waals surface area contributed by atoms with Crippen LogP contribution in [-0.2, 0) is 6.42 Å². The second-order valence-corrected chi connectivity index (χ2v) is 5.10. The SMILES string of the molecule is Cc1ccc2nc(-c3ccccc3)c(CCCN)n2c1. The van der Waals surface area contributed by atoms with Crippen molar-refractivity contribution in [3.63, 3.8) is 0 Å². The molecule has 0 amide bonds. The number of nitrogens with two attached hydrogens (primary N) is 1. The first kappa shape index (κ1) is 12.9. The Bertz CT molecular complexity index is 714. The quantitative estimate of drug-likeness (QED) is 0.787. The largest absolute Gasteiger partial charge is 0.330 e. The number of hydrogen-bond acceptors (Lipinski definition) is 2. The molecular weight excluding hydrogens is 246 g/mol. The Hall–Kier alpha value is -2.13. The minimum atomic E-state index is 0.702. The van der Waals surface area contributed by atoms with Crippen molar-refractivity contribution in [1.82, 2.24) is 9.38 Å². The maximum atomic E-state index is 5.68. The highest BCUT2D eigenvalue weighted by Gasteiger charge is 2.13. The summed E-state index contributed by atoms with van der Waals surface area (Å²) < 4.78 is 2.20. The standard InChI is InChI=1S/C17H19N3/c1-13-9-10-16-19-17(14-6-3-2-4-7-14)15(8-5-11-18)20(16)12-13/h2-4,6-7,9-10,12H,5,8,11,18H2,1H3. The topological polar surface area (TPSA) is 43.3 Å². The fraction of sp³-hybridized carbons (Fsp3) is 0.235. The summed E-state index contributed by atoms with van der Waals surface area (Å²) >= 11 is 0. The number of rotatable bonds is 4. The Labute approximate surface area is 119 Å². The molecule has 0 aliphatic carbocycles. The van der Waals surface area contributed by atoms with Crippen molar-refractivity contribution in [2.45, 2.75) is 19.8 Å². The number of aromatic nitrogens is 2. The smallest absolute Gasteiger partial charge is 0.137 e. The van der Waals surface area contributed by atoms with E-state index in [9.17, 15) is 0 Å². The summed E-state index contributed by atoms with van der Waals surface area (Å²) in [6.45, 7) is 2.81. The zero-order chi connectivity index (χ0) is 13.9. The summed E-state index contributed by atoms with van der Waals surface area (Å²) in [5.41, 5.74) is 11.4. The third-order valence-corrected chi connectivity index (χ3v) is 3.53. The molecular formula is C17H19N3. The van der Waals surface area contributed by atoms with E-state index in [2.05, 4.69) is 53.9 Å². The summed E-state index contributed by atoms with van der Waals surface area (Å²) in [4.78, 5) is 4.80. The lowest BCUT2D eigenvalue weighted by Crippen LogP contribution is -2.03. The van der Waals surface area contributed by atoms with Crippen LogP contribution in [0.3, 0.4) is 0 Å². The lowest BCUT2D eigenvalue weighted by Gasteiger charge is -2.05. The van der Waals surface area contributed by atoms with Gasteiger partial charge in [0.25, 0.3) is 0 Å². The molecule has 1 aromatic carbocycles. The van der Waals surface area contributed by atoms with E-state index in [1.54, 1.807) is 0 Å². The molecule has 2 N–H and O–H groups in total. The van der Waals surface area contributed by atoms with E-state index in [1.807, 2.05) is 6.07 Å². The third kappa shape index (κ3) is 2.32. The van der Waals surface area contributed by atoms with Crippen molar-refractivity contribution >= 4 is 5.65 Å². The molecule has 0 aliphatic heterocycles. The molecule has 20 heavy (non-hydrogen) atoms. The third-order valence-electron chi connectivity index (χ3n) is 3.53. The maximum absolute atomic E-state index is 5.68. The van der Waals surface area contributed by atoms with Crippen molar-refractivity contribution < 1.29 is 0 Å². The number of hydrogen-bond donors (Lipinski definition) is 1. The molecule has 0 atom stereocenters. The lowest BCUT2D eigenvalue weighted by molar-refractivity contribution is 0.803. The van der Waals surface area contributed by atoms with Crippen molar-refractivity contribution in [3.05, 3.63) is 59.9 Å². The van der Waals surface area contributed by atoms with Crippen LogP contribution in [0.5, 0.6) is 0 Å². The molecule has 0 radical (unpaired) electrons. The highest BCUT2D eigenvalue weighted by molar-refractivity contribution is 5.66. The zero-order valence-electron chi connectivity index (χ0n) is 11.7. The van der Waals surface area contributed by atoms with Crippen LogP contribution in [-0.4, -0.2) is 15.9 Å². The Morgan fingerprint density at radius 2 is 1.90 bits per heavy atom. The Kier molecular flexibility index (Phi) is 3.52. The van der Waals surface area contributed by atoms with Crippen LogP contribution in [0.25, 0.3) is 16.9 Å². The van der Waals surface area contributed by atoms with Crippen LogP contribution < -0.4 is 5.73 Å². The van der Waals surface area contributed by atoms with Gasteiger partial charge in [0.15, 0.2) is 0 Å². The number of benzene rings is 1. The highest BCUT2D eigenvalue weighted by Crippen LogP contribution is 2.25. The minimum absolute atomic E-state index is 0.702. The van der Waals surface area contributed by atoms with Crippen molar-refractivity contribution in [3.8, 4) is 11.3 Å². The van der Waals surface area contributed by atoms with E-state index in [0.29, 0.717) is 6.54 Å². The molecule has 0 spiro atoms. The van der Waals surface area contributed by atoms with E-state index in [1.165, 1.54) is 16.8 Å². The summed E-state index contributed by atoms with van der Waals surface area (Å²) in [5, 5.41) is 0. The molecule has 3 heteroatoms. The number of pyridine rings is 1. The summed E-state index contributed by atoms with van der Waals surface area (Å²) in [6.07, 6.45) is 4.08. The normalized spacial score (nSPS) is 11.1. The van der Waals surface area contributed by atoms with Crippen LogP contribution in [0.15, 0.2) is 48.7 Å². The number of nitrogens with zero attached hydrogens (tertiary/aromatic N) is 2. The molecule has 3 rings (SSSR count). The summed E-state index contributed by atoms with van der Waals surface area (Å²) in [6, 6.07) is 14.5. The van der Waals surface area contributed by atoms with Gasteiger partial charge in [0.05, 0.1) is 11.4 Å². The Morgan fingerprint density at radius 3 is 2.65 bits per heavy atom. The first-order chi connectivity index (χ1) is 9.79. The van der Waals surface area contributed by atoms with E-state index < -0.39 is 0 Å². The van der Waals surface area contributed by atoms with Gasteiger partial charge >= 0.3 is 0 Å². The van der Waals surface area contributed by atoms with E-state index in [4.69, 9.17) is 10.7 Å². The number of aryl methyl sites for hydroxylation is 2. The van der Waals surface area contributed by atoms with Crippen LogP contribution in [0, 0.1) is 6.92 Å². The fourth-order valence-corrected chi connectivity index (χ4v) is 2.54. The molecule has 2 heterocycles. The second kappa shape index (κ2) is 5.47. The monoisotopic (exact) mass is 265 g/mol. The molecule has 0 saturated heterocycles. The highest BCUT2D eigenvalue weighted by atomic mass is 15.0. The molecule has 0 fully saturated rings. The number of fused-ring (bicyclic) bond motifs is 1. The van der Waals surface area contributed by atoms with E-state index >= 15 is 0 Å². The van der Waals surface area contributed by atoms with Gasteiger partial charge in [-0.2, -0.15) is 0 Å². The maximum Gasteiger partial charge on any atom is 0.137 e. The van der Waals surface area contributed by atoms with Crippen molar-refractivity contribution in [2.75, 3.05) is 6.54 Å². The predicted molar refractivity (Wildman–Crippen MR) is 82.7 cm³/mol. The van der Waals surface area contributed by atoms with Crippen LogP contribution in [0.2, 0.25) is 0 Å². The average Bonchev–Trinajstić information content (AvgIpc) is 2.84. The van der Waals surface area contributed by atoms with Gasteiger partial charge in [-0.1, -0.05) is 36.4 Å². The van der Waals surface area contributed by atoms with Gasteiger partial charge in [-0.15, -0.1) is 0 Å². The molecule has 2 aromatic heterocycles. The van der Waals surface area contributed by atoms with Gasteiger partial charge in [-0.3, -0.25) is 0 Å². The molecule has 0 bridgehead atoms. The first-order valence-electron chi connectivity index (χ1n) is 7.02. The van der Waals surface area contributed by atoms with Crippen molar-refractivity contribution in [1.29, 1.82) is 0 Å². The van der Waals surface area contributed by atoms with Gasteiger partial charge in [-0.25, -0.2) is 4.98 Å². The fourth-order valence-electron chi connectivity index (χ4n) is 2.54. The molecule has 0 saturated carbocycles. The lowest BCUT2D eigenvalue weighted by atomic mass is 10.1. The zero-order valence-corrected chi connectivity index (χ0v) is 11.7. The molecule has 102 valence electrons. The van der Waals surface area contributed by atoms with Gasteiger partial charge in [0, 0.05) is 11.8 Å². The second-order valence-electron chi connectivity index (χ2n) is 5.10. The van der Waals surface area contributed by atoms with E-state index in [0.717, 1.165) is 24.2 Å². The number of imidazole rings is 1. The molecule has 3 nitrogen and oxygen atoms in total. The summed E-state index contributed by atoms with van der Waals surface area (Å²) in [7, 11) is 0. The van der Waals surface area contributed by atoms with Crippen molar-refractivity contribution in [2.24, 2.45) is 5.73 Å². The van der Waals surface area contributed by atoms with E-state index in [-0.39, 0.29) is 0 Å². The van der Waals surface area contributed by atoms with Gasteiger partial charge in [0.2, 0.25) is 0 Å². The van der Waals surface area contributed by atoms with Gasteiger partial charge in [0.1, 0.15) is 5.65 Å². The molecule has 0 unspecified atom stereocenters. The van der Waals surface area contributed by atoms with Gasteiger partial charge < -0.3 is 10.1 Å². The van der Waals surface area contributed by atoms with Crippen LogP contribution in [0.1, 0.15) is 17.7 Å². The average molecular weight is 265 g/mol. The van der Waals surface area contributed by atoms with Gasteiger partial charge in [-0.05, 0) is 37.9 Å². The molecule has 3 aromatic rings. The minimum Gasteiger partial charge on any atom is -0.330 e. The summed E-state index contributed by atoms with van der Waals surface area (Å²) in [5.74, 6) is 0.